The van der Waals surface area contributed by atoms with Gasteiger partial charge in [-0.25, -0.2) is 13.1 Å². The highest BCUT2D eigenvalue weighted by Gasteiger charge is 2.38. The fourth-order valence-electron chi connectivity index (χ4n) is 4.67. The van der Waals surface area contributed by atoms with E-state index in [0.717, 1.165) is 38.0 Å². The topological polar surface area (TPSA) is 69.7 Å². The van der Waals surface area contributed by atoms with Crippen molar-refractivity contribution >= 4 is 21.6 Å². The summed E-state index contributed by atoms with van der Waals surface area (Å²) in [6.45, 7) is 4.58. The molecule has 7 heteroatoms. The maximum Gasteiger partial charge on any atom is 0.241 e. The smallest absolute Gasteiger partial charge is 0.241 e. The molecule has 0 unspecified atom stereocenters. The van der Waals surface area contributed by atoms with E-state index < -0.39 is 10.0 Å². The molecular weight excluding hydrogens is 350 g/mol. The van der Waals surface area contributed by atoms with Gasteiger partial charge in [-0.05, 0) is 62.9 Å². The Labute approximate surface area is 155 Å². The van der Waals surface area contributed by atoms with Gasteiger partial charge in [0.1, 0.15) is 0 Å². The zero-order valence-electron chi connectivity index (χ0n) is 15.3. The maximum atomic E-state index is 13.0. The molecule has 2 atom stereocenters. The van der Waals surface area contributed by atoms with Crippen molar-refractivity contribution in [3.63, 3.8) is 0 Å². The van der Waals surface area contributed by atoms with Crippen LogP contribution in [0.3, 0.4) is 0 Å². The number of amides is 1. The largest absolute Gasteiger partial charge is 0.312 e. The van der Waals surface area contributed by atoms with Crippen LogP contribution in [0.5, 0.6) is 0 Å². The Morgan fingerprint density at radius 3 is 2.65 bits per heavy atom. The van der Waals surface area contributed by atoms with Gasteiger partial charge in [-0.1, -0.05) is 6.42 Å². The monoisotopic (exact) mass is 377 g/mol. The van der Waals surface area contributed by atoms with Crippen LogP contribution in [0.4, 0.5) is 5.69 Å². The average molecular weight is 378 g/mol. The van der Waals surface area contributed by atoms with Crippen molar-refractivity contribution in [2.24, 2.45) is 0 Å². The van der Waals surface area contributed by atoms with Gasteiger partial charge in [0, 0.05) is 37.3 Å². The van der Waals surface area contributed by atoms with Gasteiger partial charge in [0.25, 0.3) is 0 Å². The average Bonchev–Trinajstić information content (AvgIpc) is 3.21. The number of hydrogen-bond donors (Lipinski definition) is 1. The molecule has 1 N–H and O–H groups in total. The Kier molecular flexibility index (Phi) is 4.79. The van der Waals surface area contributed by atoms with Crippen molar-refractivity contribution < 1.29 is 13.2 Å². The van der Waals surface area contributed by atoms with E-state index >= 15 is 0 Å². The molecule has 0 bridgehead atoms. The van der Waals surface area contributed by atoms with Crippen LogP contribution in [-0.4, -0.2) is 50.9 Å². The first-order valence-electron chi connectivity index (χ1n) is 9.63. The second-order valence-corrected chi connectivity index (χ2v) is 9.40. The molecule has 6 nitrogen and oxygen atoms in total. The number of hydrogen-bond acceptors (Lipinski definition) is 4. The van der Waals surface area contributed by atoms with Crippen LogP contribution < -0.4 is 9.62 Å². The molecule has 0 spiro atoms. The van der Waals surface area contributed by atoms with Gasteiger partial charge < -0.3 is 4.90 Å². The Hall–Kier alpha value is -1.44. The highest BCUT2D eigenvalue weighted by molar-refractivity contribution is 7.89. The van der Waals surface area contributed by atoms with Gasteiger partial charge in [0.15, 0.2) is 0 Å². The van der Waals surface area contributed by atoms with Crippen molar-refractivity contribution in [3.8, 4) is 0 Å². The molecule has 142 valence electrons. The Morgan fingerprint density at radius 2 is 1.92 bits per heavy atom. The number of nitrogens with one attached hydrogen (secondary N) is 1. The molecule has 3 heterocycles. The van der Waals surface area contributed by atoms with Crippen molar-refractivity contribution in [2.75, 3.05) is 24.5 Å². The summed E-state index contributed by atoms with van der Waals surface area (Å²) in [4.78, 5) is 16.4. The molecule has 26 heavy (non-hydrogen) atoms. The number of sulfonamides is 1. The molecule has 0 aromatic heterocycles. The van der Waals surface area contributed by atoms with Crippen molar-refractivity contribution in [3.05, 3.63) is 23.8 Å². The summed E-state index contributed by atoms with van der Waals surface area (Å²) in [6.07, 6.45) is 5.77. The van der Waals surface area contributed by atoms with Crippen LogP contribution in [0.2, 0.25) is 0 Å². The van der Waals surface area contributed by atoms with E-state index in [4.69, 9.17) is 0 Å². The number of carbonyl (C=O) groups is 1. The molecule has 3 aliphatic heterocycles. The number of nitrogens with zero attached hydrogens (tertiary/aromatic N) is 2. The summed E-state index contributed by atoms with van der Waals surface area (Å²) in [6, 6.07) is 5.55. The van der Waals surface area contributed by atoms with E-state index in [1.165, 1.54) is 12.8 Å². The first-order chi connectivity index (χ1) is 12.5. The summed E-state index contributed by atoms with van der Waals surface area (Å²) in [5, 5.41) is 0. The van der Waals surface area contributed by atoms with E-state index in [2.05, 4.69) is 9.62 Å². The minimum atomic E-state index is -3.56. The number of fused-ring (bicyclic) bond motifs is 1. The molecule has 0 radical (unpaired) electrons. The number of rotatable bonds is 4. The highest BCUT2D eigenvalue weighted by Crippen LogP contribution is 2.30. The SMILES string of the molecule is Cc1cc(N2CCCC2=O)ccc1S(=O)(=O)N[C@@H]1CCN2CCCC[C@H]12. The third-order valence-corrected chi connectivity index (χ3v) is 7.65. The van der Waals surface area contributed by atoms with Crippen LogP contribution in [0, 0.1) is 6.92 Å². The Bertz CT molecular complexity index is 808. The van der Waals surface area contributed by atoms with Gasteiger partial charge in [-0.2, -0.15) is 0 Å². The molecule has 3 aliphatic rings. The maximum absolute atomic E-state index is 13.0. The third-order valence-electron chi connectivity index (χ3n) is 6.00. The van der Waals surface area contributed by atoms with E-state index in [1.807, 2.05) is 6.07 Å². The zero-order chi connectivity index (χ0) is 18.3. The predicted octanol–water partition coefficient (Wildman–Crippen LogP) is 2.03. The van der Waals surface area contributed by atoms with Crippen molar-refractivity contribution in [1.29, 1.82) is 0 Å². The van der Waals surface area contributed by atoms with Crippen LogP contribution in [0.15, 0.2) is 23.1 Å². The minimum Gasteiger partial charge on any atom is -0.312 e. The molecule has 0 aliphatic carbocycles. The molecule has 4 rings (SSSR count). The van der Waals surface area contributed by atoms with Gasteiger partial charge in [0.2, 0.25) is 15.9 Å². The quantitative estimate of drug-likeness (QED) is 0.872. The number of anilines is 1. The van der Waals surface area contributed by atoms with Gasteiger partial charge >= 0.3 is 0 Å². The minimum absolute atomic E-state index is 0.000429. The second-order valence-electron chi connectivity index (χ2n) is 7.71. The van der Waals surface area contributed by atoms with Crippen molar-refractivity contribution in [1.82, 2.24) is 9.62 Å². The summed E-state index contributed by atoms with van der Waals surface area (Å²) < 4.78 is 28.9. The lowest BCUT2D eigenvalue weighted by Crippen LogP contribution is -2.46. The lowest BCUT2D eigenvalue weighted by atomic mass is 10.00. The first-order valence-corrected chi connectivity index (χ1v) is 11.1. The number of piperidine rings is 1. The lowest BCUT2D eigenvalue weighted by molar-refractivity contribution is -0.117. The molecule has 1 amide bonds. The molecule has 3 saturated heterocycles. The van der Waals surface area contributed by atoms with E-state index in [9.17, 15) is 13.2 Å². The molecule has 1 aromatic rings. The number of aryl methyl sites for hydroxylation is 1. The zero-order valence-corrected chi connectivity index (χ0v) is 16.1. The fraction of sp³-hybridized carbons (Fsp3) is 0.632. The second kappa shape index (κ2) is 6.94. The predicted molar refractivity (Wildman–Crippen MR) is 101 cm³/mol. The summed E-state index contributed by atoms with van der Waals surface area (Å²) >= 11 is 0. The standard InChI is InChI=1S/C19H27N3O3S/c1-14-13-15(22-11-4-6-19(22)23)7-8-18(14)26(24,25)20-16-9-12-21-10-3-2-5-17(16)21/h7-8,13,16-17,20H,2-6,9-12H2,1H3/t16-,17-/m1/s1. The Balaban J connectivity index is 1.53. The van der Waals surface area contributed by atoms with Gasteiger partial charge in [0.05, 0.1) is 4.90 Å². The molecular formula is C19H27N3O3S. The fourth-order valence-corrected chi connectivity index (χ4v) is 6.20. The van der Waals surface area contributed by atoms with E-state index in [1.54, 1.807) is 24.0 Å². The summed E-state index contributed by atoms with van der Waals surface area (Å²) in [7, 11) is -3.56. The molecule has 1 aromatic carbocycles. The normalized spacial score (nSPS) is 27.1. The van der Waals surface area contributed by atoms with Crippen LogP contribution in [0.1, 0.15) is 44.1 Å². The van der Waals surface area contributed by atoms with E-state index in [0.29, 0.717) is 29.5 Å². The Morgan fingerprint density at radius 1 is 1.08 bits per heavy atom. The number of benzene rings is 1. The lowest BCUT2D eigenvalue weighted by Gasteiger charge is -2.32. The van der Waals surface area contributed by atoms with Crippen molar-refractivity contribution in [2.45, 2.75) is 62.4 Å². The highest BCUT2D eigenvalue weighted by atomic mass is 32.2. The first kappa shape index (κ1) is 17.9. The molecule has 3 fully saturated rings. The third kappa shape index (κ3) is 3.28. The van der Waals surface area contributed by atoms with Crippen LogP contribution in [0.25, 0.3) is 0 Å². The van der Waals surface area contributed by atoms with Crippen LogP contribution >= 0.6 is 0 Å². The summed E-state index contributed by atoms with van der Waals surface area (Å²) in [5.41, 5.74) is 1.48. The van der Waals surface area contributed by atoms with Crippen LogP contribution in [-0.2, 0) is 14.8 Å². The summed E-state index contributed by atoms with van der Waals surface area (Å²) in [5.74, 6) is 0.112. The number of carbonyl (C=O) groups excluding carboxylic acids is 1. The van der Waals surface area contributed by atoms with Gasteiger partial charge in [-0.15, -0.1) is 0 Å². The van der Waals surface area contributed by atoms with E-state index in [-0.39, 0.29) is 11.9 Å². The van der Waals surface area contributed by atoms with Gasteiger partial charge in [-0.3, -0.25) is 9.69 Å². The molecule has 0 saturated carbocycles.